The van der Waals surface area contributed by atoms with E-state index in [-0.39, 0.29) is 5.91 Å². The van der Waals surface area contributed by atoms with Crippen LogP contribution in [0.25, 0.3) is 11.0 Å². The Morgan fingerprint density at radius 1 is 1.27 bits per heavy atom. The first-order chi connectivity index (χ1) is 7.33. The zero-order chi connectivity index (χ0) is 10.3. The van der Waals surface area contributed by atoms with E-state index in [1.165, 1.54) is 0 Å². The molecule has 0 spiro atoms. The number of hydrazone groups is 1. The maximum absolute atomic E-state index is 11.0. The van der Waals surface area contributed by atoms with Gasteiger partial charge >= 0.3 is 0 Å². The first kappa shape index (κ1) is 8.16. The van der Waals surface area contributed by atoms with Crippen molar-refractivity contribution in [2.75, 3.05) is 0 Å². The fraction of sp³-hybridized carbons (Fsp3) is 0.100. The molecule has 2 heterocycles. The fourth-order valence-electron chi connectivity index (χ4n) is 1.59. The van der Waals surface area contributed by atoms with Gasteiger partial charge in [0.25, 0.3) is 0 Å². The summed E-state index contributed by atoms with van der Waals surface area (Å²) in [5.41, 5.74) is 4.90. The summed E-state index contributed by atoms with van der Waals surface area (Å²) in [6.07, 6.45) is 0.291. The second-order valence-corrected chi connectivity index (χ2v) is 3.37. The number of nitrogens with zero attached hydrogens (tertiary/aromatic N) is 2. The van der Waals surface area contributed by atoms with Crippen LogP contribution in [0.5, 0.6) is 0 Å². The van der Waals surface area contributed by atoms with Crippen molar-refractivity contribution in [1.82, 2.24) is 15.4 Å². The van der Waals surface area contributed by atoms with E-state index in [0.717, 1.165) is 11.0 Å². The third-order valence-corrected chi connectivity index (χ3v) is 2.31. The molecule has 2 N–H and O–H groups in total. The maximum atomic E-state index is 11.0. The SMILES string of the molecule is O=C1CC(c2nc3ccccc3[nH]2)=NN1. The molecule has 15 heavy (non-hydrogen) atoms. The third-order valence-electron chi connectivity index (χ3n) is 2.31. The average Bonchev–Trinajstić information content (AvgIpc) is 2.82. The molecule has 1 aliphatic rings. The van der Waals surface area contributed by atoms with Gasteiger partial charge in [0.2, 0.25) is 5.91 Å². The van der Waals surface area contributed by atoms with Gasteiger partial charge in [-0.3, -0.25) is 4.79 Å². The molecule has 5 nitrogen and oxygen atoms in total. The summed E-state index contributed by atoms with van der Waals surface area (Å²) in [5.74, 6) is 0.569. The number of hydrogen-bond donors (Lipinski definition) is 2. The Morgan fingerprint density at radius 3 is 2.87 bits per heavy atom. The van der Waals surface area contributed by atoms with Crippen molar-refractivity contribution in [1.29, 1.82) is 0 Å². The summed E-state index contributed by atoms with van der Waals surface area (Å²) >= 11 is 0. The van der Waals surface area contributed by atoms with Crippen LogP contribution < -0.4 is 5.43 Å². The molecule has 0 saturated heterocycles. The quantitative estimate of drug-likeness (QED) is 0.714. The van der Waals surface area contributed by atoms with Gasteiger partial charge in [0.1, 0.15) is 5.71 Å². The molecule has 3 rings (SSSR count). The highest BCUT2D eigenvalue weighted by Crippen LogP contribution is 2.13. The normalized spacial score (nSPS) is 15.5. The molecule has 0 saturated carbocycles. The lowest BCUT2D eigenvalue weighted by Gasteiger charge is -1.88. The van der Waals surface area contributed by atoms with Gasteiger partial charge in [0.05, 0.1) is 17.5 Å². The van der Waals surface area contributed by atoms with Gasteiger partial charge in [-0.15, -0.1) is 0 Å². The molecule has 0 aliphatic carbocycles. The number of fused-ring (bicyclic) bond motifs is 1. The predicted molar refractivity (Wildman–Crippen MR) is 55.4 cm³/mol. The molecule has 0 atom stereocenters. The Labute approximate surface area is 85.2 Å². The number of amides is 1. The Balaban J connectivity index is 2.09. The van der Waals surface area contributed by atoms with Crippen LogP contribution >= 0.6 is 0 Å². The third kappa shape index (κ3) is 1.28. The van der Waals surface area contributed by atoms with E-state index in [1.54, 1.807) is 0 Å². The molecule has 74 valence electrons. The molecule has 0 fully saturated rings. The number of benzene rings is 1. The largest absolute Gasteiger partial charge is 0.337 e. The molecule has 1 aromatic carbocycles. The minimum absolute atomic E-state index is 0.0922. The Bertz CT molecular complexity index is 537. The summed E-state index contributed by atoms with van der Waals surface area (Å²) in [6.45, 7) is 0. The highest BCUT2D eigenvalue weighted by atomic mass is 16.2. The molecular formula is C10H8N4O. The van der Waals surface area contributed by atoms with Crippen molar-refractivity contribution in [3.63, 3.8) is 0 Å². The van der Waals surface area contributed by atoms with Crippen LogP contribution in [-0.2, 0) is 4.79 Å². The van der Waals surface area contributed by atoms with E-state index in [0.29, 0.717) is 18.0 Å². The van der Waals surface area contributed by atoms with E-state index in [1.807, 2.05) is 24.3 Å². The molecule has 5 heteroatoms. The van der Waals surface area contributed by atoms with Crippen LogP contribution in [0.2, 0.25) is 0 Å². The molecule has 0 unspecified atom stereocenters. The van der Waals surface area contributed by atoms with Crippen molar-refractivity contribution in [3.8, 4) is 0 Å². The number of hydrogen-bond acceptors (Lipinski definition) is 3. The summed E-state index contributed by atoms with van der Waals surface area (Å²) in [6, 6.07) is 7.72. The van der Waals surface area contributed by atoms with Crippen LogP contribution in [0, 0.1) is 0 Å². The second-order valence-electron chi connectivity index (χ2n) is 3.37. The molecule has 1 aliphatic heterocycles. The summed E-state index contributed by atoms with van der Waals surface area (Å²) in [7, 11) is 0. The topological polar surface area (TPSA) is 70.1 Å². The van der Waals surface area contributed by atoms with E-state index in [2.05, 4.69) is 20.5 Å². The van der Waals surface area contributed by atoms with Crippen LogP contribution in [0.4, 0.5) is 0 Å². The van der Waals surface area contributed by atoms with Gasteiger partial charge in [-0.05, 0) is 12.1 Å². The molecule has 0 bridgehead atoms. The number of carbonyl (C=O) groups excluding carboxylic acids is 1. The van der Waals surface area contributed by atoms with Gasteiger partial charge in [0.15, 0.2) is 5.82 Å². The highest BCUT2D eigenvalue weighted by Gasteiger charge is 2.18. The van der Waals surface area contributed by atoms with Gasteiger partial charge in [-0.25, -0.2) is 10.4 Å². The standard InChI is InChI=1S/C10H8N4O/c15-9-5-8(13-14-9)10-11-6-3-1-2-4-7(6)12-10/h1-4H,5H2,(H,11,12)(H,14,15). The number of aromatic nitrogens is 2. The lowest BCUT2D eigenvalue weighted by atomic mass is 10.3. The van der Waals surface area contributed by atoms with Crippen LogP contribution in [0.1, 0.15) is 12.2 Å². The molecule has 1 aromatic heterocycles. The van der Waals surface area contributed by atoms with Gasteiger partial charge in [-0.2, -0.15) is 5.10 Å². The first-order valence-corrected chi connectivity index (χ1v) is 4.63. The van der Waals surface area contributed by atoms with Crippen molar-refractivity contribution in [2.24, 2.45) is 5.10 Å². The lowest BCUT2D eigenvalue weighted by Crippen LogP contribution is -2.09. The second kappa shape index (κ2) is 2.91. The first-order valence-electron chi connectivity index (χ1n) is 4.63. The Kier molecular flexibility index (Phi) is 1.58. The predicted octanol–water partition coefficient (Wildman–Crippen LogP) is 0.787. The molecular weight excluding hydrogens is 192 g/mol. The van der Waals surface area contributed by atoms with E-state index in [9.17, 15) is 4.79 Å². The zero-order valence-electron chi connectivity index (χ0n) is 7.82. The van der Waals surface area contributed by atoms with Crippen molar-refractivity contribution >= 4 is 22.7 Å². The number of rotatable bonds is 1. The van der Waals surface area contributed by atoms with Crippen molar-refractivity contribution in [3.05, 3.63) is 30.1 Å². The number of H-pyrrole nitrogens is 1. The highest BCUT2D eigenvalue weighted by molar-refractivity contribution is 6.12. The van der Waals surface area contributed by atoms with Crippen molar-refractivity contribution < 1.29 is 4.79 Å². The van der Waals surface area contributed by atoms with Gasteiger partial charge in [0, 0.05) is 0 Å². The van der Waals surface area contributed by atoms with E-state index >= 15 is 0 Å². The average molecular weight is 200 g/mol. The lowest BCUT2D eigenvalue weighted by molar-refractivity contribution is -0.119. The number of nitrogens with one attached hydrogen (secondary N) is 2. The molecule has 2 aromatic rings. The smallest absolute Gasteiger partial charge is 0.246 e. The zero-order valence-corrected chi connectivity index (χ0v) is 7.82. The van der Waals surface area contributed by atoms with Crippen LogP contribution in [-0.4, -0.2) is 21.6 Å². The minimum atomic E-state index is -0.0922. The molecule has 0 radical (unpaired) electrons. The summed E-state index contributed by atoms with van der Waals surface area (Å²) in [4.78, 5) is 18.4. The van der Waals surface area contributed by atoms with Gasteiger partial charge in [-0.1, -0.05) is 12.1 Å². The van der Waals surface area contributed by atoms with Crippen molar-refractivity contribution in [2.45, 2.75) is 6.42 Å². The fourth-order valence-corrected chi connectivity index (χ4v) is 1.59. The number of aromatic amines is 1. The summed E-state index contributed by atoms with van der Waals surface area (Å²) in [5, 5.41) is 3.91. The minimum Gasteiger partial charge on any atom is -0.337 e. The Hall–Kier alpha value is -2.17. The van der Waals surface area contributed by atoms with Crippen LogP contribution in [0.15, 0.2) is 29.4 Å². The monoisotopic (exact) mass is 200 g/mol. The van der Waals surface area contributed by atoms with Crippen LogP contribution in [0.3, 0.4) is 0 Å². The van der Waals surface area contributed by atoms with Gasteiger partial charge < -0.3 is 4.98 Å². The van der Waals surface area contributed by atoms with E-state index in [4.69, 9.17) is 0 Å². The number of imidazole rings is 1. The molecule has 1 amide bonds. The maximum Gasteiger partial charge on any atom is 0.246 e. The number of carbonyl (C=O) groups is 1. The summed E-state index contributed by atoms with van der Waals surface area (Å²) < 4.78 is 0. The number of para-hydroxylation sites is 2. The Morgan fingerprint density at radius 2 is 2.13 bits per heavy atom. The van der Waals surface area contributed by atoms with E-state index < -0.39 is 0 Å².